The molecule has 2 nitrogen and oxygen atoms in total. The lowest BCUT2D eigenvalue weighted by atomic mass is 10.0. The van der Waals surface area contributed by atoms with Crippen molar-refractivity contribution in [1.82, 2.24) is 9.97 Å². The first-order valence-electron chi connectivity index (χ1n) is 14.7. The molecule has 0 aliphatic rings. The molecule has 4 heterocycles. The van der Waals surface area contributed by atoms with Gasteiger partial charge in [-0.15, -0.1) is 22.7 Å². The lowest BCUT2D eigenvalue weighted by Crippen LogP contribution is -1.90. The highest BCUT2D eigenvalue weighted by Crippen LogP contribution is 2.38. The van der Waals surface area contributed by atoms with E-state index in [0.717, 1.165) is 45.0 Å². The molecule has 0 radical (unpaired) electrons. The van der Waals surface area contributed by atoms with Crippen LogP contribution in [0.5, 0.6) is 0 Å². The number of rotatable bonds is 4. The molecule has 0 atom stereocenters. The fraction of sp³-hybridized carbons (Fsp3) is 0. The molecule has 0 aliphatic carbocycles. The van der Waals surface area contributed by atoms with Crippen molar-refractivity contribution in [2.75, 3.05) is 0 Å². The molecule has 0 aliphatic heterocycles. The molecule has 4 aromatic heterocycles. The third-order valence-corrected chi connectivity index (χ3v) is 10.6. The predicted octanol–water partition coefficient (Wildman–Crippen LogP) is 11.9. The normalized spacial score (nSPS) is 11.6. The summed E-state index contributed by atoms with van der Waals surface area (Å²) < 4.78 is 5.22. The van der Waals surface area contributed by atoms with Crippen LogP contribution in [-0.4, -0.2) is 9.97 Å². The molecular weight excluding hydrogens is 573 g/mol. The Kier molecular flexibility index (Phi) is 5.90. The van der Waals surface area contributed by atoms with Crippen LogP contribution in [0.2, 0.25) is 0 Å². The molecule has 0 N–H and O–H groups in total. The molecule has 0 saturated heterocycles. The van der Waals surface area contributed by atoms with Gasteiger partial charge in [0.25, 0.3) is 0 Å². The maximum Gasteiger partial charge on any atom is 0.0710 e. The molecule has 5 aromatic carbocycles. The molecule has 0 saturated carbocycles. The highest BCUT2D eigenvalue weighted by atomic mass is 32.1. The van der Waals surface area contributed by atoms with Crippen molar-refractivity contribution in [2.45, 2.75) is 0 Å². The Bertz CT molecular complexity index is 2330. The minimum absolute atomic E-state index is 0.962. The van der Waals surface area contributed by atoms with Gasteiger partial charge in [-0.2, -0.15) is 0 Å². The minimum atomic E-state index is 0.962. The van der Waals surface area contributed by atoms with Crippen molar-refractivity contribution in [1.29, 1.82) is 0 Å². The van der Waals surface area contributed by atoms with E-state index in [1.54, 1.807) is 0 Å². The zero-order valence-corrected chi connectivity index (χ0v) is 25.2. The summed E-state index contributed by atoms with van der Waals surface area (Å²) in [6, 6.07) is 51.7. The first kappa shape index (κ1) is 25.3. The number of thiophene rings is 2. The van der Waals surface area contributed by atoms with Crippen LogP contribution in [0.4, 0.5) is 0 Å². The smallest absolute Gasteiger partial charge is 0.0710 e. The second kappa shape index (κ2) is 10.2. The number of fused-ring (bicyclic) bond motifs is 6. The van der Waals surface area contributed by atoms with Crippen LogP contribution >= 0.6 is 22.7 Å². The van der Waals surface area contributed by atoms with Gasteiger partial charge in [-0.25, -0.2) is 9.97 Å². The zero-order valence-electron chi connectivity index (χ0n) is 23.6. The largest absolute Gasteiger partial charge is 0.248 e. The second-order valence-electron chi connectivity index (χ2n) is 11.0. The number of nitrogens with zero attached hydrogens (tertiary/aromatic N) is 2. The number of aromatic nitrogens is 2. The maximum absolute atomic E-state index is 5.06. The minimum Gasteiger partial charge on any atom is -0.248 e. The van der Waals surface area contributed by atoms with Crippen LogP contribution in [0, 0.1) is 0 Å². The summed E-state index contributed by atoms with van der Waals surface area (Å²) in [6.45, 7) is 0. The van der Waals surface area contributed by atoms with E-state index < -0.39 is 0 Å². The Morgan fingerprint density at radius 3 is 1.11 bits per heavy atom. The Morgan fingerprint density at radius 1 is 0.295 bits per heavy atom. The molecular formula is C40H24N2S2. The number of hydrogen-bond acceptors (Lipinski definition) is 4. The van der Waals surface area contributed by atoms with Crippen molar-refractivity contribution < 1.29 is 0 Å². The van der Waals surface area contributed by atoms with E-state index in [2.05, 4.69) is 146 Å². The van der Waals surface area contributed by atoms with Crippen LogP contribution in [-0.2, 0) is 0 Å². The second-order valence-corrected chi connectivity index (χ2v) is 13.2. The highest BCUT2D eigenvalue weighted by molar-refractivity contribution is 7.26. The Morgan fingerprint density at radius 2 is 0.659 bits per heavy atom. The topological polar surface area (TPSA) is 25.8 Å². The fourth-order valence-corrected chi connectivity index (χ4v) is 8.39. The molecule has 9 rings (SSSR count). The summed E-state index contributed by atoms with van der Waals surface area (Å²) >= 11 is 3.68. The molecule has 9 aromatic rings. The van der Waals surface area contributed by atoms with Crippen molar-refractivity contribution in [3.63, 3.8) is 0 Å². The summed E-state index contributed by atoms with van der Waals surface area (Å²) in [5, 5.41) is 5.25. The number of pyridine rings is 2. The van der Waals surface area contributed by atoms with Gasteiger partial charge >= 0.3 is 0 Å². The first-order valence-corrected chi connectivity index (χ1v) is 16.3. The molecule has 0 amide bonds. The van der Waals surface area contributed by atoms with Gasteiger partial charge in [0, 0.05) is 62.6 Å². The standard InChI is InChI=1S/C40H24N2S2/c1-3-13-37-29(7-1)31-21-19-27(23-39(31)43-37)35-11-5-9-33(41-35)25-15-17-26(18-16-25)34-10-6-12-36(42-34)28-20-22-32-30-8-2-4-14-38(30)44-40(32)24-28/h1-24H. The van der Waals surface area contributed by atoms with Crippen LogP contribution in [0.25, 0.3) is 85.4 Å². The lowest BCUT2D eigenvalue weighted by molar-refractivity contribution is 1.31. The van der Waals surface area contributed by atoms with Gasteiger partial charge in [-0.05, 0) is 48.5 Å². The summed E-state index contributed by atoms with van der Waals surface area (Å²) in [5.74, 6) is 0. The number of hydrogen-bond donors (Lipinski definition) is 0. The van der Waals surface area contributed by atoms with Crippen LogP contribution in [0.3, 0.4) is 0 Å². The summed E-state index contributed by atoms with van der Waals surface area (Å²) in [7, 11) is 0. The molecule has 206 valence electrons. The fourth-order valence-electron chi connectivity index (χ4n) is 6.09. The Labute approximate surface area is 262 Å². The Hall–Kier alpha value is -5.16. The van der Waals surface area contributed by atoms with Crippen molar-refractivity contribution in [2.24, 2.45) is 0 Å². The van der Waals surface area contributed by atoms with Gasteiger partial charge in [0.2, 0.25) is 0 Å². The molecule has 0 bridgehead atoms. The average molecular weight is 597 g/mol. The van der Waals surface area contributed by atoms with E-state index >= 15 is 0 Å². The number of benzene rings is 5. The molecule has 4 heteroatoms. The van der Waals surface area contributed by atoms with E-state index in [4.69, 9.17) is 9.97 Å². The van der Waals surface area contributed by atoms with E-state index in [-0.39, 0.29) is 0 Å². The molecule has 44 heavy (non-hydrogen) atoms. The van der Waals surface area contributed by atoms with Crippen molar-refractivity contribution >= 4 is 63.0 Å². The summed E-state index contributed by atoms with van der Waals surface area (Å²) in [4.78, 5) is 10.1. The maximum atomic E-state index is 5.06. The van der Waals surface area contributed by atoms with Gasteiger partial charge in [-0.3, -0.25) is 0 Å². The van der Waals surface area contributed by atoms with Gasteiger partial charge < -0.3 is 0 Å². The third kappa shape index (κ3) is 4.31. The van der Waals surface area contributed by atoms with Crippen LogP contribution < -0.4 is 0 Å². The van der Waals surface area contributed by atoms with Crippen LogP contribution in [0.1, 0.15) is 0 Å². The summed E-state index contributed by atoms with van der Waals surface area (Å²) in [6.07, 6.45) is 0. The first-order chi connectivity index (χ1) is 21.8. The van der Waals surface area contributed by atoms with Crippen LogP contribution in [0.15, 0.2) is 146 Å². The quantitative estimate of drug-likeness (QED) is 0.202. The zero-order chi connectivity index (χ0) is 29.0. The Balaban J connectivity index is 1.01. The van der Waals surface area contributed by atoms with Crippen molar-refractivity contribution in [3.8, 4) is 45.0 Å². The molecule has 0 fully saturated rings. The van der Waals surface area contributed by atoms with Gasteiger partial charge in [0.15, 0.2) is 0 Å². The predicted molar refractivity (Wildman–Crippen MR) is 190 cm³/mol. The third-order valence-electron chi connectivity index (χ3n) is 8.32. The molecule has 0 spiro atoms. The van der Waals surface area contributed by atoms with Gasteiger partial charge in [0.1, 0.15) is 0 Å². The van der Waals surface area contributed by atoms with E-state index in [0.29, 0.717) is 0 Å². The lowest BCUT2D eigenvalue weighted by Gasteiger charge is -2.08. The van der Waals surface area contributed by atoms with Crippen molar-refractivity contribution in [3.05, 3.63) is 146 Å². The summed E-state index contributed by atoms with van der Waals surface area (Å²) in [5.41, 5.74) is 8.34. The van der Waals surface area contributed by atoms with Gasteiger partial charge in [-0.1, -0.05) is 97.1 Å². The monoisotopic (exact) mass is 596 g/mol. The molecule has 0 unspecified atom stereocenters. The van der Waals surface area contributed by atoms with Gasteiger partial charge in [0.05, 0.1) is 22.8 Å². The average Bonchev–Trinajstić information content (AvgIpc) is 3.66. The highest BCUT2D eigenvalue weighted by Gasteiger charge is 2.11. The SMILES string of the molecule is c1cc(-c2ccc(-c3cccc(-c4ccc5c(c4)sc4ccccc45)n3)cc2)nc(-c2ccc3c(c2)sc2ccccc23)c1. The van der Waals surface area contributed by atoms with E-state index in [1.807, 2.05) is 22.7 Å². The van der Waals surface area contributed by atoms with E-state index in [1.165, 1.54) is 40.3 Å². The van der Waals surface area contributed by atoms with E-state index in [9.17, 15) is 0 Å².